The van der Waals surface area contributed by atoms with Crippen molar-refractivity contribution in [3.8, 4) is 0 Å². The van der Waals surface area contributed by atoms with Gasteiger partial charge in [0.25, 0.3) is 0 Å². The van der Waals surface area contributed by atoms with Gasteiger partial charge in [-0.1, -0.05) is 31.2 Å². The standard InChI is InChI=1S/C11H18O2Si/c1-4-10-5-7-11(8-6-10)9-13-14(2,3)12/h5-8,12H,4,9H2,1-3H3. The summed E-state index contributed by atoms with van der Waals surface area (Å²) in [6.07, 6.45) is 1.06. The van der Waals surface area contributed by atoms with Crippen LogP contribution in [0.2, 0.25) is 13.1 Å². The Kier molecular flexibility index (Phi) is 3.86. The third-order valence-electron chi connectivity index (χ3n) is 2.02. The van der Waals surface area contributed by atoms with E-state index < -0.39 is 8.56 Å². The molecule has 0 aliphatic carbocycles. The normalized spacial score (nSPS) is 11.7. The molecule has 0 saturated heterocycles. The third kappa shape index (κ3) is 4.04. The molecule has 0 spiro atoms. The Bertz CT molecular complexity index is 274. The first-order chi connectivity index (χ1) is 6.51. The Balaban J connectivity index is 2.52. The van der Waals surface area contributed by atoms with Crippen molar-refractivity contribution in [2.75, 3.05) is 0 Å². The van der Waals surface area contributed by atoms with E-state index in [1.807, 2.05) is 0 Å². The summed E-state index contributed by atoms with van der Waals surface area (Å²) in [5.41, 5.74) is 2.45. The summed E-state index contributed by atoms with van der Waals surface area (Å²) in [6.45, 7) is 6.19. The van der Waals surface area contributed by atoms with E-state index in [1.165, 1.54) is 5.56 Å². The van der Waals surface area contributed by atoms with E-state index in [9.17, 15) is 4.80 Å². The van der Waals surface area contributed by atoms with Crippen molar-refractivity contribution >= 4 is 8.56 Å². The number of hydrogen-bond donors (Lipinski definition) is 1. The molecule has 0 atom stereocenters. The predicted octanol–water partition coefficient (Wildman–Crippen LogP) is 2.46. The summed E-state index contributed by atoms with van der Waals surface area (Å²) < 4.78 is 5.38. The van der Waals surface area contributed by atoms with Crippen LogP contribution in [0, 0.1) is 0 Å². The molecule has 0 aliphatic rings. The minimum absolute atomic E-state index is 0.514. The molecule has 2 nitrogen and oxygen atoms in total. The summed E-state index contributed by atoms with van der Waals surface area (Å²) >= 11 is 0. The average molecular weight is 210 g/mol. The molecule has 0 radical (unpaired) electrons. The zero-order valence-electron chi connectivity index (χ0n) is 9.08. The van der Waals surface area contributed by atoms with Crippen molar-refractivity contribution in [1.29, 1.82) is 0 Å². The van der Waals surface area contributed by atoms with E-state index in [-0.39, 0.29) is 0 Å². The van der Waals surface area contributed by atoms with E-state index in [1.54, 1.807) is 13.1 Å². The number of rotatable bonds is 4. The van der Waals surface area contributed by atoms with Gasteiger partial charge >= 0.3 is 8.56 Å². The van der Waals surface area contributed by atoms with Crippen molar-refractivity contribution in [3.63, 3.8) is 0 Å². The Morgan fingerprint density at radius 3 is 2.07 bits per heavy atom. The average Bonchev–Trinajstić information content (AvgIpc) is 2.14. The molecule has 78 valence electrons. The first-order valence-electron chi connectivity index (χ1n) is 4.95. The van der Waals surface area contributed by atoms with Crippen LogP contribution < -0.4 is 0 Å². The molecule has 14 heavy (non-hydrogen) atoms. The second kappa shape index (κ2) is 4.73. The third-order valence-corrected chi connectivity index (χ3v) is 2.87. The van der Waals surface area contributed by atoms with Crippen LogP contribution in [0.15, 0.2) is 24.3 Å². The summed E-state index contributed by atoms with van der Waals surface area (Å²) in [5, 5.41) is 0. The monoisotopic (exact) mass is 210 g/mol. The van der Waals surface area contributed by atoms with Gasteiger partial charge in [-0.2, -0.15) is 0 Å². The molecule has 3 heteroatoms. The second-order valence-corrected chi connectivity index (χ2v) is 7.09. The van der Waals surface area contributed by atoms with E-state index in [0.717, 1.165) is 12.0 Å². The van der Waals surface area contributed by atoms with E-state index >= 15 is 0 Å². The van der Waals surface area contributed by atoms with Crippen molar-refractivity contribution in [1.82, 2.24) is 0 Å². The predicted molar refractivity (Wildman–Crippen MR) is 60.3 cm³/mol. The zero-order chi connectivity index (χ0) is 10.6. The lowest BCUT2D eigenvalue weighted by molar-refractivity contribution is 0.231. The molecule has 0 aromatic heterocycles. The minimum Gasteiger partial charge on any atom is -0.411 e. The van der Waals surface area contributed by atoms with Crippen molar-refractivity contribution in [2.45, 2.75) is 33.0 Å². The SMILES string of the molecule is CCc1ccc(CO[Si](C)(C)O)cc1. The maximum atomic E-state index is 9.50. The summed E-state index contributed by atoms with van der Waals surface area (Å²) in [5.74, 6) is 0. The molecule has 0 amide bonds. The molecule has 0 bridgehead atoms. The van der Waals surface area contributed by atoms with Gasteiger partial charge < -0.3 is 9.22 Å². The fourth-order valence-corrected chi connectivity index (χ4v) is 1.65. The first-order valence-corrected chi connectivity index (χ1v) is 7.81. The Morgan fingerprint density at radius 1 is 1.14 bits per heavy atom. The van der Waals surface area contributed by atoms with E-state index in [4.69, 9.17) is 4.43 Å². The Morgan fingerprint density at radius 2 is 1.64 bits per heavy atom. The van der Waals surface area contributed by atoms with Gasteiger partial charge in [0.15, 0.2) is 0 Å². The molecule has 1 N–H and O–H groups in total. The summed E-state index contributed by atoms with van der Waals surface area (Å²) in [7, 11) is -2.36. The van der Waals surface area contributed by atoms with Crippen molar-refractivity contribution in [2.24, 2.45) is 0 Å². The molecule has 1 aromatic rings. The summed E-state index contributed by atoms with van der Waals surface area (Å²) in [4.78, 5) is 9.50. The largest absolute Gasteiger partial charge is 0.411 e. The molecule has 1 rings (SSSR count). The van der Waals surface area contributed by atoms with Gasteiger partial charge in [0.1, 0.15) is 0 Å². The highest BCUT2D eigenvalue weighted by Gasteiger charge is 2.17. The Labute approximate surface area is 86.8 Å². The zero-order valence-corrected chi connectivity index (χ0v) is 10.1. The first kappa shape index (κ1) is 11.4. The second-order valence-electron chi connectivity index (χ2n) is 3.91. The van der Waals surface area contributed by atoms with E-state index in [2.05, 4.69) is 31.2 Å². The van der Waals surface area contributed by atoms with Crippen LogP contribution in [0.5, 0.6) is 0 Å². The molecule has 1 aromatic carbocycles. The van der Waals surface area contributed by atoms with Crippen LogP contribution in [-0.2, 0) is 17.5 Å². The van der Waals surface area contributed by atoms with Gasteiger partial charge in [-0.3, -0.25) is 0 Å². The molecular weight excluding hydrogens is 192 g/mol. The number of aryl methyl sites for hydroxylation is 1. The van der Waals surface area contributed by atoms with Gasteiger partial charge in [0, 0.05) is 0 Å². The van der Waals surface area contributed by atoms with Gasteiger partial charge in [-0.25, -0.2) is 0 Å². The lowest BCUT2D eigenvalue weighted by Gasteiger charge is -2.14. The molecule has 0 fully saturated rings. The van der Waals surface area contributed by atoms with Crippen LogP contribution in [0.1, 0.15) is 18.1 Å². The van der Waals surface area contributed by atoms with Crippen LogP contribution in [-0.4, -0.2) is 13.4 Å². The smallest absolute Gasteiger partial charge is 0.329 e. The highest BCUT2D eigenvalue weighted by Crippen LogP contribution is 2.09. The van der Waals surface area contributed by atoms with Crippen molar-refractivity contribution < 1.29 is 9.22 Å². The maximum absolute atomic E-state index is 9.50. The van der Waals surface area contributed by atoms with Gasteiger partial charge in [0.2, 0.25) is 0 Å². The fraction of sp³-hybridized carbons (Fsp3) is 0.455. The van der Waals surface area contributed by atoms with Gasteiger partial charge in [-0.05, 0) is 30.6 Å². The van der Waals surface area contributed by atoms with Crippen LogP contribution in [0.4, 0.5) is 0 Å². The summed E-state index contributed by atoms with van der Waals surface area (Å²) in [6, 6.07) is 8.31. The lowest BCUT2D eigenvalue weighted by Crippen LogP contribution is -2.29. The van der Waals surface area contributed by atoms with Crippen LogP contribution in [0.3, 0.4) is 0 Å². The molecule has 0 heterocycles. The van der Waals surface area contributed by atoms with Crippen LogP contribution in [0.25, 0.3) is 0 Å². The molecule has 0 saturated carbocycles. The molecule has 0 aliphatic heterocycles. The number of hydrogen-bond acceptors (Lipinski definition) is 2. The highest BCUT2D eigenvalue weighted by atomic mass is 28.4. The highest BCUT2D eigenvalue weighted by molar-refractivity contribution is 6.63. The maximum Gasteiger partial charge on any atom is 0.329 e. The molecular formula is C11H18O2Si. The van der Waals surface area contributed by atoms with Gasteiger partial charge in [-0.15, -0.1) is 0 Å². The topological polar surface area (TPSA) is 29.5 Å². The van der Waals surface area contributed by atoms with E-state index in [0.29, 0.717) is 6.61 Å². The molecule has 0 unspecified atom stereocenters. The van der Waals surface area contributed by atoms with Gasteiger partial charge in [0.05, 0.1) is 6.61 Å². The minimum atomic E-state index is -2.36. The van der Waals surface area contributed by atoms with Crippen LogP contribution >= 0.6 is 0 Å². The Hall–Kier alpha value is -0.643. The van der Waals surface area contributed by atoms with Crippen molar-refractivity contribution in [3.05, 3.63) is 35.4 Å². The fourth-order valence-electron chi connectivity index (χ4n) is 1.13. The quantitative estimate of drug-likeness (QED) is 0.774. The number of benzene rings is 1. The lowest BCUT2D eigenvalue weighted by atomic mass is 10.1.